The fourth-order valence-corrected chi connectivity index (χ4v) is 3.26. The number of carbonyl (C=O) groups excluding carboxylic acids is 2. The minimum Gasteiger partial charge on any atom is -0.457 e. The Balaban J connectivity index is 0.000000269. The van der Waals surface area contributed by atoms with Crippen molar-refractivity contribution in [3.05, 3.63) is 76.0 Å². The summed E-state index contributed by atoms with van der Waals surface area (Å²) in [7, 11) is 0. The molecule has 0 atom stereocenters. The molecule has 132 valence electrons. The van der Waals surface area contributed by atoms with Crippen LogP contribution in [0.2, 0.25) is 0 Å². The van der Waals surface area contributed by atoms with Gasteiger partial charge in [-0.1, -0.05) is 54.6 Å². The molecule has 0 fully saturated rings. The molecule has 0 spiro atoms. The molecule has 1 N–H and O–H groups in total. The molecule has 4 rings (SSSR count). The van der Waals surface area contributed by atoms with E-state index < -0.39 is 5.97 Å². The first-order valence-electron chi connectivity index (χ1n) is 8.22. The van der Waals surface area contributed by atoms with Crippen LogP contribution >= 0.6 is 11.3 Å². The highest BCUT2D eigenvalue weighted by Gasteiger charge is 2.17. The minimum absolute atomic E-state index is 0.208. The fourth-order valence-electron chi connectivity index (χ4n) is 2.40. The van der Waals surface area contributed by atoms with E-state index in [1.54, 1.807) is 6.07 Å². The van der Waals surface area contributed by atoms with E-state index in [0.29, 0.717) is 10.6 Å². The predicted molar refractivity (Wildman–Crippen MR) is 104 cm³/mol. The lowest BCUT2D eigenvalue weighted by Crippen LogP contribution is -2.10. The predicted octanol–water partition coefficient (Wildman–Crippen LogP) is 5.04. The van der Waals surface area contributed by atoms with Gasteiger partial charge < -0.3 is 10.1 Å². The van der Waals surface area contributed by atoms with E-state index >= 15 is 0 Å². The van der Waals surface area contributed by atoms with Crippen molar-refractivity contribution >= 4 is 28.9 Å². The minimum atomic E-state index is -0.421. The van der Waals surface area contributed by atoms with Crippen LogP contribution in [0.4, 0.5) is 5.69 Å². The van der Waals surface area contributed by atoms with E-state index in [9.17, 15) is 9.59 Å². The Morgan fingerprint density at radius 1 is 1.00 bits per heavy atom. The molecule has 0 unspecified atom stereocenters. The first-order chi connectivity index (χ1) is 12.5. The summed E-state index contributed by atoms with van der Waals surface area (Å²) in [6, 6.07) is 19.7. The third-order valence-corrected chi connectivity index (χ3v) is 4.81. The molecule has 0 saturated heterocycles. The third kappa shape index (κ3) is 4.37. The molecule has 2 aliphatic rings. The molecular weight excluding hydrogens is 346 g/mol. The number of ether oxygens (including phenoxy) is 1. The zero-order chi connectivity index (χ0) is 18.5. The number of nitrogens with one attached hydrogen (secondary N) is 1. The van der Waals surface area contributed by atoms with Crippen LogP contribution in [0.5, 0.6) is 0 Å². The molecule has 0 bridgehead atoms. The number of aryl methyl sites for hydroxylation is 1. The molecule has 0 radical (unpaired) electrons. The van der Waals surface area contributed by atoms with E-state index in [-0.39, 0.29) is 12.5 Å². The maximum absolute atomic E-state index is 12.1. The highest BCUT2D eigenvalue weighted by Crippen LogP contribution is 2.29. The molecule has 5 heteroatoms. The highest BCUT2D eigenvalue weighted by molar-refractivity contribution is 7.14. The quantitative estimate of drug-likeness (QED) is 0.516. The van der Waals surface area contributed by atoms with Crippen LogP contribution in [-0.2, 0) is 16.1 Å². The standard InChI is InChI=1S/C15H15NO3S.C6H4/c1-10-8-13(16-11(2)17)14(20-10)15(18)19-9-12-6-4-3-5-7-12;1-2-6-4-3-5(1)6/h3-8H,9H2,1-2H3,(H,16,17);1-4H. The van der Waals surface area contributed by atoms with Crippen molar-refractivity contribution in [2.45, 2.75) is 20.5 Å². The molecule has 1 aromatic heterocycles. The average Bonchev–Trinajstić information content (AvgIpc) is 2.97. The van der Waals surface area contributed by atoms with Gasteiger partial charge in [0.1, 0.15) is 11.5 Å². The lowest BCUT2D eigenvalue weighted by molar-refractivity contribution is -0.114. The number of fused-ring (bicyclic) bond motifs is 1. The van der Waals surface area contributed by atoms with E-state index in [2.05, 4.69) is 29.6 Å². The summed E-state index contributed by atoms with van der Waals surface area (Å²) in [5.41, 5.74) is 4.29. The fraction of sp³-hybridized carbons (Fsp3) is 0.143. The Morgan fingerprint density at radius 2 is 1.62 bits per heavy atom. The van der Waals surface area contributed by atoms with E-state index in [4.69, 9.17) is 4.74 Å². The van der Waals surface area contributed by atoms with Crippen LogP contribution in [0, 0.1) is 6.92 Å². The molecule has 1 aromatic carbocycles. The van der Waals surface area contributed by atoms with Gasteiger partial charge in [0.25, 0.3) is 0 Å². The molecule has 0 aliphatic heterocycles. The monoisotopic (exact) mass is 365 g/mol. The van der Waals surface area contributed by atoms with Crippen molar-refractivity contribution in [3.8, 4) is 11.1 Å². The highest BCUT2D eigenvalue weighted by atomic mass is 32.1. The first kappa shape index (κ1) is 17.9. The van der Waals surface area contributed by atoms with Gasteiger partial charge in [-0.25, -0.2) is 4.79 Å². The van der Waals surface area contributed by atoms with Crippen molar-refractivity contribution < 1.29 is 14.3 Å². The summed E-state index contributed by atoms with van der Waals surface area (Å²) in [4.78, 5) is 24.6. The molecule has 2 aromatic rings. The molecule has 4 nitrogen and oxygen atoms in total. The van der Waals surface area contributed by atoms with Crippen LogP contribution in [0.3, 0.4) is 0 Å². The molecular formula is C21H19NO3S. The van der Waals surface area contributed by atoms with E-state index in [1.807, 2.05) is 37.3 Å². The van der Waals surface area contributed by atoms with Gasteiger partial charge in [-0.3, -0.25) is 4.79 Å². The second kappa shape index (κ2) is 7.97. The Morgan fingerprint density at radius 3 is 2.12 bits per heavy atom. The van der Waals surface area contributed by atoms with Crippen LogP contribution < -0.4 is 5.32 Å². The van der Waals surface area contributed by atoms with Crippen LogP contribution in [-0.4, -0.2) is 11.9 Å². The Labute approximate surface area is 156 Å². The summed E-state index contributed by atoms with van der Waals surface area (Å²) in [6.45, 7) is 3.51. The summed E-state index contributed by atoms with van der Waals surface area (Å²) in [6.07, 6.45) is 0. The number of hydrogen-bond donors (Lipinski definition) is 1. The lowest BCUT2D eigenvalue weighted by atomic mass is 9.95. The number of rotatable bonds is 4. The average molecular weight is 365 g/mol. The molecule has 0 saturated carbocycles. The molecule has 1 heterocycles. The van der Waals surface area contributed by atoms with Gasteiger partial charge in [0.15, 0.2) is 0 Å². The number of carbonyl (C=O) groups is 2. The van der Waals surface area contributed by atoms with Crippen LogP contribution in [0.25, 0.3) is 11.1 Å². The van der Waals surface area contributed by atoms with Gasteiger partial charge in [0.2, 0.25) is 5.91 Å². The smallest absolute Gasteiger partial charge is 0.350 e. The summed E-state index contributed by atoms with van der Waals surface area (Å²) < 4.78 is 5.27. The SMILES string of the molecule is CC(=O)Nc1cc(C)sc1C(=O)OCc1ccccc1.c1cc2ccc1-2. The number of thiophene rings is 1. The van der Waals surface area contributed by atoms with Crippen molar-refractivity contribution in [3.63, 3.8) is 0 Å². The molecule has 2 aliphatic carbocycles. The number of esters is 1. The van der Waals surface area contributed by atoms with Gasteiger partial charge >= 0.3 is 5.97 Å². The Bertz CT molecular complexity index is 893. The van der Waals surface area contributed by atoms with Crippen molar-refractivity contribution in [1.82, 2.24) is 0 Å². The van der Waals surface area contributed by atoms with Crippen molar-refractivity contribution in [2.24, 2.45) is 0 Å². The van der Waals surface area contributed by atoms with Gasteiger partial charge in [-0.05, 0) is 29.7 Å². The Hall–Kier alpha value is -2.92. The number of hydrogen-bond acceptors (Lipinski definition) is 4. The summed E-state index contributed by atoms with van der Waals surface area (Å²) in [5.74, 6) is -0.629. The largest absolute Gasteiger partial charge is 0.457 e. The second-order valence-corrected chi connectivity index (χ2v) is 7.18. The number of anilines is 1. The first-order valence-corrected chi connectivity index (χ1v) is 9.04. The zero-order valence-electron chi connectivity index (χ0n) is 14.6. The normalized spacial score (nSPS) is 10.4. The van der Waals surface area contributed by atoms with Gasteiger partial charge in [0, 0.05) is 11.8 Å². The van der Waals surface area contributed by atoms with Gasteiger partial charge in [-0.2, -0.15) is 0 Å². The zero-order valence-corrected chi connectivity index (χ0v) is 15.4. The molecule has 26 heavy (non-hydrogen) atoms. The van der Waals surface area contributed by atoms with Gasteiger partial charge in [0.05, 0.1) is 5.69 Å². The summed E-state index contributed by atoms with van der Waals surface area (Å²) in [5, 5.41) is 2.64. The van der Waals surface area contributed by atoms with Crippen molar-refractivity contribution in [2.75, 3.05) is 5.32 Å². The topological polar surface area (TPSA) is 55.4 Å². The second-order valence-electron chi connectivity index (χ2n) is 5.92. The van der Waals surface area contributed by atoms with Crippen LogP contribution in [0.15, 0.2) is 60.7 Å². The van der Waals surface area contributed by atoms with Crippen LogP contribution in [0.1, 0.15) is 27.0 Å². The summed E-state index contributed by atoms with van der Waals surface area (Å²) >= 11 is 1.31. The molecule has 1 amide bonds. The van der Waals surface area contributed by atoms with Gasteiger partial charge in [-0.15, -0.1) is 11.3 Å². The van der Waals surface area contributed by atoms with E-state index in [1.165, 1.54) is 29.4 Å². The maximum Gasteiger partial charge on any atom is 0.350 e. The Kier molecular flexibility index (Phi) is 5.49. The maximum atomic E-state index is 12.1. The van der Waals surface area contributed by atoms with E-state index in [0.717, 1.165) is 10.4 Å². The van der Waals surface area contributed by atoms with Crippen molar-refractivity contribution in [1.29, 1.82) is 0 Å². The third-order valence-electron chi connectivity index (χ3n) is 3.78. The number of amides is 1. The lowest BCUT2D eigenvalue weighted by Gasteiger charge is -2.10. The number of benzene rings is 2.